The molecule has 0 atom stereocenters. The molecule has 1 aliphatic carbocycles. The summed E-state index contributed by atoms with van der Waals surface area (Å²) < 4.78 is 0. The zero-order valence-corrected chi connectivity index (χ0v) is 7.99. The summed E-state index contributed by atoms with van der Waals surface area (Å²) in [5.74, 6) is 0. The Labute approximate surface area is 85.3 Å². The fraction of sp³-hybridized carbons (Fsp3) is 0.333. The Morgan fingerprint density at radius 3 is 2.64 bits per heavy atom. The van der Waals surface area contributed by atoms with E-state index in [0.717, 1.165) is 0 Å². The van der Waals surface area contributed by atoms with Crippen molar-refractivity contribution in [2.45, 2.75) is 18.4 Å². The number of hydrogen-bond acceptors (Lipinski definition) is 3. The fourth-order valence-corrected chi connectivity index (χ4v) is 1.60. The highest BCUT2D eigenvalue weighted by Crippen LogP contribution is 2.48. The van der Waals surface area contributed by atoms with Gasteiger partial charge in [0.2, 0.25) is 0 Å². The smallest absolute Gasteiger partial charge is 0.276 e. The van der Waals surface area contributed by atoms with Crippen molar-refractivity contribution in [1.29, 1.82) is 0 Å². The van der Waals surface area contributed by atoms with Gasteiger partial charge in [-0.25, -0.2) is 0 Å². The molecule has 5 heteroatoms. The minimum absolute atomic E-state index is 0.0995. The van der Waals surface area contributed by atoms with Crippen molar-refractivity contribution in [2.75, 3.05) is 0 Å². The molecule has 1 aliphatic rings. The third-order valence-electron chi connectivity index (χ3n) is 2.38. The Hall–Kier alpha value is -1.13. The molecule has 0 amide bonds. The number of benzene rings is 1. The average molecular weight is 214 g/mol. The van der Waals surface area contributed by atoms with Gasteiger partial charge in [0, 0.05) is 11.1 Å². The van der Waals surface area contributed by atoms with Crippen LogP contribution in [-0.4, -0.2) is 10.0 Å². The van der Waals surface area contributed by atoms with E-state index < -0.39 is 10.5 Å². The molecular formula is C9H8ClNO3. The van der Waals surface area contributed by atoms with Crippen LogP contribution in [0, 0.1) is 10.1 Å². The van der Waals surface area contributed by atoms with E-state index >= 15 is 0 Å². The quantitative estimate of drug-likeness (QED) is 0.605. The Morgan fingerprint density at radius 2 is 2.14 bits per heavy atom. The Kier molecular flexibility index (Phi) is 1.97. The van der Waals surface area contributed by atoms with Crippen molar-refractivity contribution in [3.63, 3.8) is 0 Å². The predicted molar refractivity (Wildman–Crippen MR) is 51.2 cm³/mol. The van der Waals surface area contributed by atoms with Crippen molar-refractivity contribution >= 4 is 17.3 Å². The SMILES string of the molecule is O=[N+]([O-])c1cc(Cl)ccc1C1(O)CC1. The van der Waals surface area contributed by atoms with Gasteiger partial charge in [0.15, 0.2) is 0 Å². The first-order valence-corrected chi connectivity index (χ1v) is 4.57. The molecule has 1 fully saturated rings. The summed E-state index contributed by atoms with van der Waals surface area (Å²) in [7, 11) is 0. The molecule has 1 saturated carbocycles. The minimum atomic E-state index is -0.993. The van der Waals surface area contributed by atoms with E-state index in [-0.39, 0.29) is 5.69 Å². The average Bonchev–Trinajstić information content (AvgIpc) is 2.84. The number of nitro groups is 1. The van der Waals surface area contributed by atoms with E-state index in [1.54, 1.807) is 6.07 Å². The maximum Gasteiger partial charge on any atom is 0.276 e. The number of hydrogen-bond donors (Lipinski definition) is 1. The molecular weight excluding hydrogens is 206 g/mol. The third kappa shape index (κ3) is 1.47. The molecule has 0 aliphatic heterocycles. The highest BCUT2D eigenvalue weighted by atomic mass is 35.5. The zero-order valence-electron chi connectivity index (χ0n) is 7.24. The molecule has 1 aromatic rings. The normalized spacial score (nSPS) is 17.9. The largest absolute Gasteiger partial charge is 0.385 e. The molecule has 0 heterocycles. The van der Waals surface area contributed by atoms with Crippen LogP contribution < -0.4 is 0 Å². The predicted octanol–water partition coefficient (Wildman–Crippen LogP) is 2.23. The number of nitrogens with zero attached hydrogens (tertiary/aromatic N) is 1. The van der Waals surface area contributed by atoms with Crippen molar-refractivity contribution in [3.8, 4) is 0 Å². The van der Waals surface area contributed by atoms with Crippen molar-refractivity contribution in [1.82, 2.24) is 0 Å². The second-order valence-corrected chi connectivity index (χ2v) is 3.89. The van der Waals surface area contributed by atoms with Gasteiger partial charge >= 0.3 is 0 Å². The summed E-state index contributed by atoms with van der Waals surface area (Å²) in [5, 5.41) is 20.8. The number of nitro benzene ring substituents is 1. The van der Waals surface area contributed by atoms with E-state index in [4.69, 9.17) is 11.6 Å². The monoisotopic (exact) mass is 213 g/mol. The van der Waals surface area contributed by atoms with E-state index in [9.17, 15) is 15.2 Å². The van der Waals surface area contributed by atoms with Crippen LogP contribution in [0.3, 0.4) is 0 Å². The van der Waals surface area contributed by atoms with Crippen LogP contribution in [0.25, 0.3) is 0 Å². The van der Waals surface area contributed by atoms with Gasteiger partial charge in [-0.3, -0.25) is 10.1 Å². The molecule has 14 heavy (non-hydrogen) atoms. The van der Waals surface area contributed by atoms with Crippen LogP contribution in [0.2, 0.25) is 5.02 Å². The first-order valence-electron chi connectivity index (χ1n) is 4.20. The van der Waals surface area contributed by atoms with Crippen LogP contribution in [0.1, 0.15) is 18.4 Å². The lowest BCUT2D eigenvalue weighted by Gasteiger charge is -2.08. The molecule has 0 aromatic heterocycles. The lowest BCUT2D eigenvalue weighted by atomic mass is 10.1. The molecule has 4 nitrogen and oxygen atoms in total. The molecule has 74 valence electrons. The maximum atomic E-state index is 10.7. The van der Waals surface area contributed by atoms with Crippen LogP contribution in [0.4, 0.5) is 5.69 Å². The maximum absolute atomic E-state index is 10.7. The summed E-state index contributed by atoms with van der Waals surface area (Å²) >= 11 is 5.65. The molecule has 0 spiro atoms. The second-order valence-electron chi connectivity index (χ2n) is 3.45. The van der Waals surface area contributed by atoms with E-state index in [1.165, 1.54) is 12.1 Å². The molecule has 0 radical (unpaired) electrons. The molecule has 0 bridgehead atoms. The van der Waals surface area contributed by atoms with Gasteiger partial charge in [0.25, 0.3) is 5.69 Å². The van der Waals surface area contributed by atoms with Gasteiger partial charge in [-0.1, -0.05) is 11.6 Å². The summed E-state index contributed by atoms with van der Waals surface area (Å²) in [6.07, 6.45) is 1.16. The summed E-state index contributed by atoms with van der Waals surface area (Å²) in [6.45, 7) is 0. The first-order chi connectivity index (χ1) is 6.53. The van der Waals surface area contributed by atoms with Crippen molar-refractivity contribution in [3.05, 3.63) is 38.9 Å². The van der Waals surface area contributed by atoms with Gasteiger partial charge in [-0.15, -0.1) is 0 Å². The Morgan fingerprint density at radius 1 is 1.50 bits per heavy atom. The zero-order chi connectivity index (χ0) is 10.3. The van der Waals surface area contributed by atoms with Gasteiger partial charge in [-0.2, -0.15) is 0 Å². The third-order valence-corrected chi connectivity index (χ3v) is 2.62. The second kappa shape index (κ2) is 2.93. The molecule has 0 unspecified atom stereocenters. The summed E-state index contributed by atoms with van der Waals surface area (Å²) in [4.78, 5) is 10.2. The highest BCUT2D eigenvalue weighted by Gasteiger charge is 2.46. The summed E-state index contributed by atoms with van der Waals surface area (Å²) in [6, 6.07) is 4.35. The minimum Gasteiger partial charge on any atom is -0.385 e. The van der Waals surface area contributed by atoms with E-state index in [1.807, 2.05) is 0 Å². The lowest BCUT2D eigenvalue weighted by Crippen LogP contribution is -2.07. The van der Waals surface area contributed by atoms with Gasteiger partial charge in [0.1, 0.15) is 0 Å². The van der Waals surface area contributed by atoms with Crippen LogP contribution in [0.5, 0.6) is 0 Å². The number of aliphatic hydroxyl groups is 1. The molecule has 2 rings (SSSR count). The van der Waals surface area contributed by atoms with Gasteiger partial charge in [0.05, 0.1) is 16.1 Å². The number of halogens is 1. The lowest BCUT2D eigenvalue weighted by molar-refractivity contribution is -0.386. The standard InChI is InChI=1S/C9H8ClNO3/c10-6-1-2-7(9(12)3-4-9)8(5-6)11(13)14/h1-2,5,12H,3-4H2. The highest BCUT2D eigenvalue weighted by molar-refractivity contribution is 6.30. The fourth-order valence-electron chi connectivity index (χ4n) is 1.44. The van der Waals surface area contributed by atoms with Gasteiger partial charge < -0.3 is 5.11 Å². The Balaban J connectivity index is 2.54. The molecule has 1 aromatic carbocycles. The van der Waals surface area contributed by atoms with E-state index in [0.29, 0.717) is 23.4 Å². The first kappa shape index (κ1) is 9.43. The number of rotatable bonds is 2. The van der Waals surface area contributed by atoms with Crippen LogP contribution in [-0.2, 0) is 5.60 Å². The van der Waals surface area contributed by atoms with Crippen molar-refractivity contribution < 1.29 is 10.0 Å². The van der Waals surface area contributed by atoms with Crippen LogP contribution >= 0.6 is 11.6 Å². The summed E-state index contributed by atoms with van der Waals surface area (Å²) in [5.41, 5.74) is -0.725. The van der Waals surface area contributed by atoms with E-state index in [2.05, 4.69) is 0 Å². The topological polar surface area (TPSA) is 63.4 Å². The molecule has 0 saturated heterocycles. The van der Waals surface area contributed by atoms with Gasteiger partial charge in [-0.05, 0) is 25.0 Å². The Bertz CT molecular complexity index is 401. The van der Waals surface area contributed by atoms with Crippen LogP contribution in [0.15, 0.2) is 18.2 Å². The molecule has 1 N–H and O–H groups in total. The van der Waals surface area contributed by atoms with Crippen molar-refractivity contribution in [2.24, 2.45) is 0 Å².